The molecule has 0 aliphatic heterocycles. The van der Waals surface area contributed by atoms with Crippen molar-refractivity contribution >= 4 is 23.8 Å². The van der Waals surface area contributed by atoms with E-state index in [1.54, 1.807) is 0 Å². The molecular weight excluding hydrogens is 440 g/mol. The highest BCUT2D eigenvalue weighted by molar-refractivity contribution is 5.84. The largest absolute Gasteiger partial charge is 0.481 e. The first-order chi connectivity index (χ1) is 16.4. The van der Waals surface area contributed by atoms with Crippen molar-refractivity contribution in [2.24, 2.45) is 0 Å². The SMILES string of the molecule is CCOCCNC(=O)CC[C@H](NC(=O)CCCCCCCCCCCCCCC(=O)O)C(=O)O. The van der Waals surface area contributed by atoms with Gasteiger partial charge in [0.15, 0.2) is 0 Å². The zero-order valence-electron chi connectivity index (χ0n) is 20.9. The molecule has 9 nitrogen and oxygen atoms in total. The molecule has 0 fully saturated rings. The zero-order chi connectivity index (χ0) is 25.4. The van der Waals surface area contributed by atoms with Crippen LogP contribution in [-0.4, -0.2) is 59.8 Å². The lowest BCUT2D eigenvalue weighted by Crippen LogP contribution is -2.41. The van der Waals surface area contributed by atoms with E-state index in [2.05, 4.69) is 10.6 Å². The van der Waals surface area contributed by atoms with Crippen LogP contribution in [0.1, 0.15) is 110 Å². The van der Waals surface area contributed by atoms with E-state index in [-0.39, 0.29) is 31.1 Å². The topological polar surface area (TPSA) is 142 Å². The molecule has 0 heterocycles. The number of aliphatic carboxylic acids is 2. The van der Waals surface area contributed by atoms with Gasteiger partial charge in [-0.15, -0.1) is 0 Å². The van der Waals surface area contributed by atoms with Crippen molar-refractivity contribution in [2.75, 3.05) is 19.8 Å². The zero-order valence-corrected chi connectivity index (χ0v) is 20.9. The average molecular weight is 487 g/mol. The molecule has 34 heavy (non-hydrogen) atoms. The first-order valence-electron chi connectivity index (χ1n) is 12.9. The fraction of sp³-hybridized carbons (Fsp3) is 0.840. The second kappa shape index (κ2) is 22.6. The third-order valence-electron chi connectivity index (χ3n) is 5.61. The molecule has 0 radical (unpaired) electrons. The van der Waals surface area contributed by atoms with Gasteiger partial charge in [0.1, 0.15) is 6.04 Å². The van der Waals surface area contributed by atoms with Gasteiger partial charge in [0.25, 0.3) is 0 Å². The van der Waals surface area contributed by atoms with E-state index in [1.165, 1.54) is 32.1 Å². The van der Waals surface area contributed by atoms with E-state index < -0.39 is 18.0 Å². The standard InChI is InChI=1S/C25H46N2O7/c1-2-34-20-19-26-22(28)18-17-21(25(32)33)27-23(29)15-13-11-9-7-5-3-4-6-8-10-12-14-16-24(30)31/h21H,2-20H2,1H3,(H,26,28)(H,27,29)(H,30,31)(H,32,33)/t21-/m0/s1. The molecule has 0 aromatic carbocycles. The van der Waals surface area contributed by atoms with Gasteiger partial charge >= 0.3 is 11.9 Å². The van der Waals surface area contributed by atoms with Crippen LogP contribution >= 0.6 is 0 Å². The number of carbonyl (C=O) groups excluding carboxylic acids is 2. The number of hydrogen-bond donors (Lipinski definition) is 4. The predicted octanol–water partition coefficient (Wildman–Crippen LogP) is 4.03. The number of rotatable bonds is 24. The van der Waals surface area contributed by atoms with Gasteiger partial charge in [0.2, 0.25) is 11.8 Å². The number of unbranched alkanes of at least 4 members (excludes halogenated alkanes) is 11. The van der Waals surface area contributed by atoms with Gasteiger partial charge in [-0.05, 0) is 26.2 Å². The molecule has 0 spiro atoms. The van der Waals surface area contributed by atoms with Gasteiger partial charge < -0.3 is 25.6 Å². The first kappa shape index (κ1) is 31.8. The van der Waals surface area contributed by atoms with Crippen LogP contribution in [0.25, 0.3) is 0 Å². The minimum atomic E-state index is -1.13. The highest BCUT2D eigenvalue weighted by Gasteiger charge is 2.20. The summed E-state index contributed by atoms with van der Waals surface area (Å²) >= 11 is 0. The van der Waals surface area contributed by atoms with Crippen LogP contribution in [-0.2, 0) is 23.9 Å². The summed E-state index contributed by atoms with van der Waals surface area (Å²) in [5.74, 6) is -2.38. The van der Waals surface area contributed by atoms with Crippen LogP contribution in [0.2, 0.25) is 0 Å². The molecular formula is C25H46N2O7. The summed E-state index contributed by atoms with van der Waals surface area (Å²) in [5, 5.41) is 23.1. The normalized spacial score (nSPS) is 11.7. The van der Waals surface area contributed by atoms with Crippen molar-refractivity contribution in [3.05, 3.63) is 0 Å². The Morgan fingerprint density at radius 1 is 0.706 bits per heavy atom. The van der Waals surface area contributed by atoms with Gasteiger partial charge in [-0.1, -0.05) is 64.2 Å². The number of carbonyl (C=O) groups is 4. The molecule has 0 unspecified atom stereocenters. The van der Waals surface area contributed by atoms with Gasteiger partial charge in [-0.25, -0.2) is 4.79 Å². The molecule has 0 aliphatic carbocycles. The molecule has 0 aromatic heterocycles. The van der Waals surface area contributed by atoms with Crippen molar-refractivity contribution in [2.45, 2.75) is 116 Å². The number of amides is 2. The maximum Gasteiger partial charge on any atom is 0.326 e. The van der Waals surface area contributed by atoms with E-state index in [9.17, 15) is 24.3 Å². The van der Waals surface area contributed by atoms with E-state index in [0.29, 0.717) is 26.2 Å². The highest BCUT2D eigenvalue weighted by atomic mass is 16.5. The van der Waals surface area contributed by atoms with E-state index in [1.807, 2.05) is 6.92 Å². The second-order valence-corrected chi connectivity index (χ2v) is 8.68. The Labute approximate surface area is 204 Å². The molecule has 0 aromatic rings. The van der Waals surface area contributed by atoms with Crippen LogP contribution in [0.5, 0.6) is 0 Å². The molecule has 198 valence electrons. The summed E-state index contributed by atoms with van der Waals surface area (Å²) in [5.41, 5.74) is 0. The van der Waals surface area contributed by atoms with E-state index in [4.69, 9.17) is 9.84 Å². The van der Waals surface area contributed by atoms with Crippen molar-refractivity contribution in [1.82, 2.24) is 10.6 Å². The Kier molecular flexibility index (Phi) is 21.2. The quantitative estimate of drug-likeness (QED) is 0.151. The fourth-order valence-electron chi connectivity index (χ4n) is 3.62. The monoisotopic (exact) mass is 486 g/mol. The van der Waals surface area contributed by atoms with Crippen LogP contribution in [0, 0.1) is 0 Å². The molecule has 9 heteroatoms. The van der Waals surface area contributed by atoms with E-state index >= 15 is 0 Å². The predicted molar refractivity (Wildman–Crippen MR) is 131 cm³/mol. The Balaban J connectivity index is 3.66. The van der Waals surface area contributed by atoms with Crippen molar-refractivity contribution in [3.8, 4) is 0 Å². The molecule has 2 amide bonds. The van der Waals surface area contributed by atoms with Gasteiger partial charge in [0, 0.05) is 32.4 Å². The Hall–Kier alpha value is -2.16. The molecule has 0 saturated carbocycles. The fourth-order valence-corrected chi connectivity index (χ4v) is 3.62. The summed E-state index contributed by atoms with van der Waals surface area (Å²) in [4.78, 5) is 45.6. The summed E-state index contributed by atoms with van der Waals surface area (Å²) in [6.07, 6.45) is 13.4. The second-order valence-electron chi connectivity index (χ2n) is 8.68. The Morgan fingerprint density at radius 3 is 1.68 bits per heavy atom. The van der Waals surface area contributed by atoms with Crippen LogP contribution in [0.3, 0.4) is 0 Å². The lowest BCUT2D eigenvalue weighted by Gasteiger charge is -2.14. The number of carboxylic acid groups (broad SMARTS) is 2. The van der Waals surface area contributed by atoms with Gasteiger partial charge in [-0.3, -0.25) is 14.4 Å². The molecule has 4 N–H and O–H groups in total. The smallest absolute Gasteiger partial charge is 0.326 e. The number of carboxylic acids is 2. The number of ether oxygens (including phenoxy) is 1. The first-order valence-corrected chi connectivity index (χ1v) is 12.9. The summed E-state index contributed by atoms with van der Waals surface area (Å²) < 4.78 is 5.12. The van der Waals surface area contributed by atoms with Crippen LogP contribution in [0.4, 0.5) is 0 Å². The van der Waals surface area contributed by atoms with E-state index in [0.717, 1.165) is 44.9 Å². The van der Waals surface area contributed by atoms with Gasteiger partial charge in [0.05, 0.1) is 6.61 Å². The van der Waals surface area contributed by atoms with Crippen molar-refractivity contribution in [1.29, 1.82) is 0 Å². The Morgan fingerprint density at radius 2 is 1.21 bits per heavy atom. The molecule has 0 rings (SSSR count). The average Bonchev–Trinajstić information content (AvgIpc) is 2.79. The lowest BCUT2D eigenvalue weighted by molar-refractivity contribution is -0.142. The van der Waals surface area contributed by atoms with Crippen molar-refractivity contribution < 1.29 is 34.1 Å². The molecule has 0 bridgehead atoms. The molecule has 0 aliphatic rings. The highest BCUT2D eigenvalue weighted by Crippen LogP contribution is 2.13. The summed E-state index contributed by atoms with van der Waals surface area (Å²) in [6, 6.07) is -1.05. The number of nitrogens with one attached hydrogen (secondary N) is 2. The third-order valence-corrected chi connectivity index (χ3v) is 5.61. The third kappa shape index (κ3) is 21.7. The maximum atomic E-state index is 12.1. The van der Waals surface area contributed by atoms with Crippen LogP contribution < -0.4 is 10.6 Å². The molecule has 1 atom stereocenters. The Bertz CT molecular complexity index is 569. The lowest BCUT2D eigenvalue weighted by atomic mass is 10.0. The van der Waals surface area contributed by atoms with Crippen molar-refractivity contribution in [3.63, 3.8) is 0 Å². The minimum absolute atomic E-state index is 0.0358. The summed E-state index contributed by atoms with van der Waals surface area (Å²) in [6.45, 7) is 3.23. The maximum absolute atomic E-state index is 12.1. The number of hydrogen-bond acceptors (Lipinski definition) is 5. The minimum Gasteiger partial charge on any atom is -0.481 e. The van der Waals surface area contributed by atoms with Crippen LogP contribution in [0.15, 0.2) is 0 Å². The van der Waals surface area contributed by atoms with Gasteiger partial charge in [-0.2, -0.15) is 0 Å². The molecule has 0 saturated heterocycles. The summed E-state index contributed by atoms with van der Waals surface area (Å²) in [7, 11) is 0.